The monoisotopic (exact) mass is 248 g/mol. The number of rotatable bonds is 7. The van der Waals surface area contributed by atoms with Gasteiger partial charge in [-0.25, -0.2) is 4.98 Å². The molecule has 0 aliphatic heterocycles. The van der Waals surface area contributed by atoms with Gasteiger partial charge in [-0.2, -0.15) is 0 Å². The highest BCUT2D eigenvalue weighted by Crippen LogP contribution is 2.28. The fourth-order valence-electron chi connectivity index (χ4n) is 2.22. The molecule has 0 aromatic carbocycles. The first-order chi connectivity index (χ1) is 8.83. The molecule has 1 aromatic heterocycles. The summed E-state index contributed by atoms with van der Waals surface area (Å²) in [7, 11) is 0. The number of aromatic nitrogens is 2. The maximum atomic E-state index is 4.65. The Kier molecular flexibility index (Phi) is 4.79. The van der Waals surface area contributed by atoms with Gasteiger partial charge in [0.2, 0.25) is 0 Å². The van der Waals surface area contributed by atoms with Gasteiger partial charge < -0.3 is 10.2 Å². The van der Waals surface area contributed by atoms with E-state index in [9.17, 15) is 0 Å². The zero-order chi connectivity index (χ0) is 12.8. The molecule has 0 saturated heterocycles. The van der Waals surface area contributed by atoms with Crippen LogP contribution in [0.4, 0.5) is 11.6 Å². The Bertz CT molecular complexity index is 363. The maximum Gasteiger partial charge on any atom is 0.149 e. The molecule has 0 bridgehead atoms. The minimum atomic E-state index is 0.860. The zero-order valence-electron chi connectivity index (χ0n) is 11.5. The molecule has 0 unspecified atom stereocenters. The molecular formula is C14H24N4. The predicted octanol–water partition coefficient (Wildman–Crippen LogP) is 2.92. The number of anilines is 2. The molecule has 1 aromatic rings. The molecular weight excluding hydrogens is 224 g/mol. The first-order valence-corrected chi connectivity index (χ1v) is 7.14. The molecule has 100 valence electrons. The third-order valence-electron chi connectivity index (χ3n) is 3.59. The molecule has 1 saturated carbocycles. The molecule has 2 rings (SSSR count). The predicted molar refractivity (Wildman–Crippen MR) is 76.0 cm³/mol. The van der Waals surface area contributed by atoms with Crippen molar-refractivity contribution < 1.29 is 0 Å². The molecule has 0 radical (unpaired) electrons. The second-order valence-electron chi connectivity index (χ2n) is 5.02. The van der Waals surface area contributed by atoms with E-state index < -0.39 is 0 Å². The normalized spacial score (nSPS) is 15.2. The van der Waals surface area contributed by atoms with Crippen LogP contribution in [-0.2, 0) is 0 Å². The van der Waals surface area contributed by atoms with Crippen molar-refractivity contribution in [3.63, 3.8) is 0 Å². The van der Waals surface area contributed by atoms with Crippen molar-refractivity contribution in [2.24, 2.45) is 5.92 Å². The van der Waals surface area contributed by atoms with E-state index in [0.29, 0.717) is 0 Å². The van der Waals surface area contributed by atoms with Crippen LogP contribution in [-0.4, -0.2) is 29.6 Å². The Morgan fingerprint density at radius 1 is 1.33 bits per heavy atom. The average Bonchev–Trinajstić information content (AvgIpc) is 2.36. The molecule has 4 heteroatoms. The number of hydrogen-bond acceptors (Lipinski definition) is 4. The van der Waals surface area contributed by atoms with E-state index in [2.05, 4.69) is 34.0 Å². The summed E-state index contributed by atoms with van der Waals surface area (Å²) >= 11 is 0. The van der Waals surface area contributed by atoms with Gasteiger partial charge in [0, 0.05) is 19.6 Å². The summed E-state index contributed by atoms with van der Waals surface area (Å²) in [5.74, 6) is 2.76. The third kappa shape index (κ3) is 3.34. The van der Waals surface area contributed by atoms with Crippen molar-refractivity contribution in [3.05, 3.63) is 12.4 Å². The van der Waals surface area contributed by atoms with Crippen LogP contribution >= 0.6 is 0 Å². The Morgan fingerprint density at radius 2 is 2.17 bits per heavy atom. The summed E-state index contributed by atoms with van der Waals surface area (Å²) in [5, 5.41) is 3.29. The highest BCUT2D eigenvalue weighted by Gasteiger charge is 2.20. The van der Waals surface area contributed by atoms with Crippen LogP contribution in [0.3, 0.4) is 0 Å². The molecule has 1 aliphatic carbocycles. The highest BCUT2D eigenvalue weighted by molar-refractivity contribution is 5.43. The largest absolute Gasteiger partial charge is 0.369 e. The quantitative estimate of drug-likeness (QED) is 0.805. The smallest absolute Gasteiger partial charge is 0.149 e. The number of nitrogens with one attached hydrogen (secondary N) is 1. The minimum Gasteiger partial charge on any atom is -0.369 e. The van der Waals surface area contributed by atoms with Gasteiger partial charge >= 0.3 is 0 Å². The summed E-state index contributed by atoms with van der Waals surface area (Å²) in [6.07, 6.45) is 8.92. The van der Waals surface area contributed by atoms with Crippen LogP contribution in [0.2, 0.25) is 0 Å². The molecule has 18 heavy (non-hydrogen) atoms. The molecule has 0 spiro atoms. The fourth-order valence-corrected chi connectivity index (χ4v) is 2.22. The molecule has 1 aliphatic rings. The topological polar surface area (TPSA) is 41.1 Å². The second kappa shape index (κ2) is 6.57. The number of hydrogen-bond donors (Lipinski definition) is 1. The van der Waals surface area contributed by atoms with Crippen LogP contribution in [0.25, 0.3) is 0 Å². The lowest BCUT2D eigenvalue weighted by atomic mass is 9.85. The van der Waals surface area contributed by atoms with Gasteiger partial charge in [-0.1, -0.05) is 13.3 Å². The Balaban J connectivity index is 1.99. The number of nitrogens with zero attached hydrogens (tertiary/aromatic N) is 3. The molecule has 4 nitrogen and oxygen atoms in total. The van der Waals surface area contributed by atoms with Gasteiger partial charge in [-0.15, -0.1) is 0 Å². The second-order valence-corrected chi connectivity index (χ2v) is 5.02. The van der Waals surface area contributed by atoms with E-state index in [1.54, 1.807) is 6.20 Å². The summed E-state index contributed by atoms with van der Waals surface area (Å²) in [4.78, 5) is 11.3. The molecule has 1 N–H and O–H groups in total. The van der Waals surface area contributed by atoms with Crippen molar-refractivity contribution in [1.29, 1.82) is 0 Å². The average molecular weight is 248 g/mol. The lowest BCUT2D eigenvalue weighted by molar-refractivity contribution is 0.318. The van der Waals surface area contributed by atoms with Crippen LogP contribution in [0, 0.1) is 5.92 Å². The lowest BCUT2D eigenvalue weighted by Gasteiger charge is -2.32. The Labute approximate surface area is 110 Å². The maximum absolute atomic E-state index is 4.65. The van der Waals surface area contributed by atoms with Crippen LogP contribution < -0.4 is 10.2 Å². The van der Waals surface area contributed by atoms with Crippen molar-refractivity contribution in [3.8, 4) is 0 Å². The van der Waals surface area contributed by atoms with Crippen molar-refractivity contribution in [1.82, 2.24) is 9.97 Å². The van der Waals surface area contributed by atoms with Gasteiger partial charge in [0.05, 0.1) is 12.4 Å². The van der Waals surface area contributed by atoms with E-state index in [1.165, 1.54) is 19.3 Å². The molecule has 0 amide bonds. The zero-order valence-corrected chi connectivity index (χ0v) is 11.5. The fraction of sp³-hybridized carbons (Fsp3) is 0.714. The van der Waals surface area contributed by atoms with Crippen molar-refractivity contribution >= 4 is 11.6 Å². The molecule has 1 fully saturated rings. The van der Waals surface area contributed by atoms with Crippen molar-refractivity contribution in [2.75, 3.05) is 29.9 Å². The third-order valence-corrected chi connectivity index (χ3v) is 3.59. The van der Waals surface area contributed by atoms with Crippen LogP contribution in [0.5, 0.6) is 0 Å². The summed E-state index contributed by atoms with van der Waals surface area (Å²) in [6, 6.07) is 0. The van der Waals surface area contributed by atoms with E-state index in [4.69, 9.17) is 0 Å². The van der Waals surface area contributed by atoms with E-state index in [0.717, 1.165) is 43.6 Å². The summed E-state index contributed by atoms with van der Waals surface area (Å²) < 4.78 is 0. The van der Waals surface area contributed by atoms with Gasteiger partial charge in [-0.3, -0.25) is 4.98 Å². The van der Waals surface area contributed by atoms with Crippen molar-refractivity contribution in [2.45, 2.75) is 39.5 Å². The Morgan fingerprint density at radius 3 is 2.78 bits per heavy atom. The molecule has 0 atom stereocenters. The van der Waals surface area contributed by atoms with E-state index in [-0.39, 0.29) is 0 Å². The first kappa shape index (κ1) is 13.1. The SMILES string of the molecule is CCCNc1cncc(N(CC)CC2CCC2)n1. The van der Waals surface area contributed by atoms with Gasteiger partial charge in [0.15, 0.2) is 0 Å². The van der Waals surface area contributed by atoms with Gasteiger partial charge in [-0.05, 0) is 32.1 Å². The summed E-state index contributed by atoms with van der Waals surface area (Å²) in [6.45, 7) is 7.42. The van der Waals surface area contributed by atoms with E-state index in [1.807, 2.05) is 6.20 Å². The van der Waals surface area contributed by atoms with Crippen LogP contribution in [0.1, 0.15) is 39.5 Å². The van der Waals surface area contributed by atoms with E-state index >= 15 is 0 Å². The van der Waals surface area contributed by atoms with Gasteiger partial charge in [0.1, 0.15) is 11.6 Å². The molecule has 1 heterocycles. The standard InChI is InChI=1S/C14H24N4/c1-3-8-16-13-9-15-10-14(17-13)18(4-2)11-12-6-5-7-12/h9-10,12H,3-8,11H2,1-2H3,(H,16,17). The first-order valence-electron chi connectivity index (χ1n) is 7.14. The van der Waals surface area contributed by atoms with Gasteiger partial charge in [0.25, 0.3) is 0 Å². The highest BCUT2D eigenvalue weighted by atomic mass is 15.2. The summed E-state index contributed by atoms with van der Waals surface area (Å²) in [5.41, 5.74) is 0. The lowest BCUT2D eigenvalue weighted by Crippen LogP contribution is -2.33. The minimum absolute atomic E-state index is 0.860. The van der Waals surface area contributed by atoms with Crippen LogP contribution in [0.15, 0.2) is 12.4 Å². The Hall–Kier alpha value is -1.32.